The lowest BCUT2D eigenvalue weighted by molar-refractivity contribution is 0.0952. The van der Waals surface area contributed by atoms with E-state index in [2.05, 4.69) is 15.7 Å². The number of nitrogens with zero attached hydrogens (tertiary/aromatic N) is 2. The predicted molar refractivity (Wildman–Crippen MR) is 121 cm³/mol. The number of phenolic OH excluding ortho intramolecular Hbond substituents is 1. The molecule has 0 bridgehead atoms. The van der Waals surface area contributed by atoms with Crippen LogP contribution >= 0.6 is 0 Å². The fourth-order valence-corrected chi connectivity index (χ4v) is 4.14. The number of fused-ring (bicyclic) bond motifs is 1. The van der Waals surface area contributed by atoms with Gasteiger partial charge in [0.05, 0.1) is 11.3 Å². The van der Waals surface area contributed by atoms with Crippen molar-refractivity contribution in [3.8, 4) is 5.75 Å². The van der Waals surface area contributed by atoms with Crippen molar-refractivity contribution in [2.45, 2.75) is 30.6 Å². The molecule has 1 aliphatic carbocycles. The summed E-state index contributed by atoms with van der Waals surface area (Å²) in [5.74, 6) is -0.617. The van der Waals surface area contributed by atoms with Gasteiger partial charge in [-0.2, -0.15) is 13.5 Å². The predicted octanol–water partition coefficient (Wildman–Crippen LogP) is 3.97. The highest BCUT2D eigenvalue weighted by Gasteiger charge is 2.19. The Bertz CT molecular complexity index is 1310. The van der Waals surface area contributed by atoms with E-state index in [0.717, 1.165) is 16.5 Å². The van der Waals surface area contributed by atoms with E-state index in [1.54, 1.807) is 30.3 Å². The first-order chi connectivity index (χ1) is 15.4. The van der Waals surface area contributed by atoms with Gasteiger partial charge in [-0.15, -0.1) is 0 Å². The van der Waals surface area contributed by atoms with Crippen LogP contribution in [0.1, 0.15) is 36.0 Å². The molecule has 0 atom stereocenters. The average molecular weight is 452 g/mol. The molecular weight excluding hydrogens is 430 g/mol. The molecule has 2 N–H and O–H groups in total. The molecule has 0 spiro atoms. The van der Waals surface area contributed by atoms with Crippen LogP contribution in [0.3, 0.4) is 0 Å². The maximum atomic E-state index is 12.5. The normalized spacial score (nSPS) is 14.1. The standard InChI is InChI=1S/C23H21N3O5S/c27-22-15-17-7-5-4-6-16(17)14-21(22)23(28)25-24-18-10-12-19(13-11-18)26-31-32(29,30)20-8-2-1-3-9-20/h1-9,14-15,27H,10-13H2,(H,25,28). The largest absolute Gasteiger partial charge is 0.507 e. The van der Waals surface area contributed by atoms with E-state index in [9.17, 15) is 18.3 Å². The summed E-state index contributed by atoms with van der Waals surface area (Å²) in [5, 5.41) is 19.8. The van der Waals surface area contributed by atoms with Gasteiger partial charge in [0.25, 0.3) is 5.91 Å². The summed E-state index contributed by atoms with van der Waals surface area (Å²) < 4.78 is 29.1. The zero-order valence-electron chi connectivity index (χ0n) is 17.1. The summed E-state index contributed by atoms with van der Waals surface area (Å²) in [6.45, 7) is 0. The lowest BCUT2D eigenvalue weighted by Gasteiger charge is -2.15. The van der Waals surface area contributed by atoms with Crippen molar-refractivity contribution in [3.63, 3.8) is 0 Å². The number of hydrogen-bond acceptors (Lipinski definition) is 7. The second-order valence-corrected chi connectivity index (χ2v) is 8.86. The molecule has 3 aromatic rings. The number of amides is 1. The molecule has 0 radical (unpaired) electrons. The van der Waals surface area contributed by atoms with E-state index in [4.69, 9.17) is 4.28 Å². The molecule has 3 aromatic carbocycles. The Labute approximate surface area is 185 Å². The van der Waals surface area contributed by atoms with Crippen molar-refractivity contribution < 1.29 is 22.6 Å². The number of rotatable bonds is 5. The summed E-state index contributed by atoms with van der Waals surface area (Å²) >= 11 is 0. The number of aromatic hydroxyl groups is 1. The molecule has 8 nitrogen and oxygen atoms in total. The monoisotopic (exact) mass is 451 g/mol. The van der Waals surface area contributed by atoms with Gasteiger partial charge in [-0.25, -0.2) is 5.43 Å². The summed E-state index contributed by atoms with van der Waals surface area (Å²) in [6, 6.07) is 18.4. The number of carbonyl (C=O) groups is 1. The van der Waals surface area contributed by atoms with E-state index in [1.165, 1.54) is 12.1 Å². The van der Waals surface area contributed by atoms with Crippen LogP contribution in [0.25, 0.3) is 10.8 Å². The van der Waals surface area contributed by atoms with Crippen LogP contribution in [0, 0.1) is 0 Å². The van der Waals surface area contributed by atoms with Crippen molar-refractivity contribution in [2.24, 2.45) is 10.3 Å². The van der Waals surface area contributed by atoms with Crippen molar-refractivity contribution in [2.75, 3.05) is 0 Å². The molecule has 164 valence electrons. The highest BCUT2D eigenvalue weighted by atomic mass is 32.2. The smallest absolute Gasteiger partial charge is 0.358 e. The third-order valence-electron chi connectivity index (χ3n) is 5.12. The molecule has 1 aliphatic rings. The number of hydrogen-bond donors (Lipinski definition) is 2. The van der Waals surface area contributed by atoms with Gasteiger partial charge >= 0.3 is 10.1 Å². The maximum Gasteiger partial charge on any atom is 0.358 e. The van der Waals surface area contributed by atoms with Crippen LogP contribution in [-0.2, 0) is 14.4 Å². The first-order valence-corrected chi connectivity index (χ1v) is 11.5. The summed E-state index contributed by atoms with van der Waals surface area (Å²) in [4.78, 5) is 12.5. The van der Waals surface area contributed by atoms with Gasteiger partial charge in [-0.05, 0) is 60.7 Å². The van der Waals surface area contributed by atoms with Crippen LogP contribution in [0.2, 0.25) is 0 Å². The Kier molecular flexibility index (Phi) is 6.18. The molecule has 0 aromatic heterocycles. The van der Waals surface area contributed by atoms with Gasteiger partial charge in [0, 0.05) is 5.71 Å². The topological polar surface area (TPSA) is 117 Å². The molecule has 0 aliphatic heterocycles. The fraction of sp³-hybridized carbons (Fsp3) is 0.174. The fourth-order valence-electron chi connectivity index (χ4n) is 3.36. The highest BCUT2D eigenvalue weighted by molar-refractivity contribution is 7.86. The van der Waals surface area contributed by atoms with Gasteiger partial charge < -0.3 is 5.11 Å². The lowest BCUT2D eigenvalue weighted by Crippen LogP contribution is -2.22. The minimum atomic E-state index is -3.94. The number of benzene rings is 3. The van der Waals surface area contributed by atoms with E-state index in [-0.39, 0.29) is 16.2 Å². The summed E-state index contributed by atoms with van der Waals surface area (Å²) in [6.07, 6.45) is 1.97. The van der Waals surface area contributed by atoms with E-state index in [1.807, 2.05) is 24.3 Å². The molecule has 32 heavy (non-hydrogen) atoms. The number of oxime groups is 1. The molecule has 1 fully saturated rings. The Balaban J connectivity index is 1.35. The van der Waals surface area contributed by atoms with Crippen LogP contribution in [0.4, 0.5) is 0 Å². The first-order valence-electron chi connectivity index (χ1n) is 10.0. The number of hydrazone groups is 1. The number of phenols is 1. The van der Waals surface area contributed by atoms with Gasteiger partial charge in [0.2, 0.25) is 0 Å². The second-order valence-electron chi connectivity index (χ2n) is 7.33. The SMILES string of the molecule is O=C(NN=C1CCC(=NOS(=O)(=O)c2ccccc2)CC1)c1cc2ccccc2cc1O. The molecule has 9 heteroatoms. The molecule has 1 amide bonds. The highest BCUT2D eigenvalue weighted by Crippen LogP contribution is 2.25. The van der Waals surface area contributed by atoms with E-state index < -0.39 is 16.0 Å². The Morgan fingerprint density at radius 1 is 0.875 bits per heavy atom. The molecule has 0 saturated heterocycles. The summed E-state index contributed by atoms with van der Waals surface area (Å²) in [5.41, 5.74) is 4.00. The molecule has 0 heterocycles. The number of nitrogens with one attached hydrogen (secondary N) is 1. The number of carbonyl (C=O) groups excluding carboxylic acids is 1. The van der Waals surface area contributed by atoms with Crippen LogP contribution < -0.4 is 5.43 Å². The van der Waals surface area contributed by atoms with Gasteiger partial charge in [-0.3, -0.25) is 9.08 Å². The van der Waals surface area contributed by atoms with Crippen LogP contribution in [0.5, 0.6) is 5.75 Å². The zero-order valence-corrected chi connectivity index (χ0v) is 17.9. The first kappa shape index (κ1) is 21.5. The molecule has 0 unspecified atom stereocenters. The van der Waals surface area contributed by atoms with Crippen LogP contribution in [0.15, 0.2) is 81.9 Å². The zero-order chi connectivity index (χ0) is 22.6. The van der Waals surface area contributed by atoms with Gasteiger partial charge in [0.15, 0.2) is 0 Å². The summed E-state index contributed by atoms with van der Waals surface area (Å²) in [7, 11) is -3.94. The van der Waals surface area contributed by atoms with E-state index >= 15 is 0 Å². The second kappa shape index (κ2) is 9.19. The van der Waals surface area contributed by atoms with E-state index in [0.29, 0.717) is 31.4 Å². The van der Waals surface area contributed by atoms with Gasteiger partial charge in [-0.1, -0.05) is 47.6 Å². The third kappa shape index (κ3) is 4.94. The minimum Gasteiger partial charge on any atom is -0.507 e. The Hall–Kier alpha value is -3.72. The Morgan fingerprint density at radius 3 is 2.16 bits per heavy atom. The van der Waals surface area contributed by atoms with Crippen LogP contribution in [-0.4, -0.2) is 30.9 Å². The minimum absolute atomic E-state index is 0.0436. The third-order valence-corrected chi connectivity index (χ3v) is 6.25. The van der Waals surface area contributed by atoms with Gasteiger partial charge in [0.1, 0.15) is 10.6 Å². The molecule has 1 saturated carbocycles. The van der Waals surface area contributed by atoms with Crippen molar-refractivity contribution >= 4 is 38.2 Å². The van der Waals surface area contributed by atoms with Crippen molar-refractivity contribution in [1.29, 1.82) is 0 Å². The maximum absolute atomic E-state index is 12.5. The van der Waals surface area contributed by atoms with Crippen molar-refractivity contribution in [3.05, 3.63) is 72.3 Å². The quantitative estimate of drug-likeness (QED) is 0.569. The lowest BCUT2D eigenvalue weighted by atomic mass is 9.97. The molecule has 4 rings (SSSR count). The average Bonchev–Trinajstić information content (AvgIpc) is 2.82. The Morgan fingerprint density at radius 2 is 1.47 bits per heavy atom. The molecular formula is C23H21N3O5S. The van der Waals surface area contributed by atoms with Crippen molar-refractivity contribution in [1.82, 2.24) is 5.43 Å².